The van der Waals surface area contributed by atoms with Crippen molar-refractivity contribution in [2.75, 3.05) is 6.54 Å². The quantitative estimate of drug-likeness (QED) is 0.843. The van der Waals surface area contributed by atoms with Gasteiger partial charge < -0.3 is 5.32 Å². The molecule has 0 saturated carbocycles. The first-order chi connectivity index (χ1) is 9.61. The number of aryl methyl sites for hydroxylation is 1. The Balaban J connectivity index is 2.29. The zero-order chi connectivity index (χ0) is 14.5. The van der Waals surface area contributed by atoms with E-state index in [2.05, 4.69) is 36.5 Å². The molecule has 0 amide bonds. The number of benzene rings is 2. The van der Waals surface area contributed by atoms with Crippen molar-refractivity contribution in [3.63, 3.8) is 0 Å². The molecule has 0 heterocycles. The van der Waals surface area contributed by atoms with Gasteiger partial charge >= 0.3 is 0 Å². The number of nitrogens with one attached hydrogen (secondary N) is 1. The Hall–Kier alpha value is -1.38. The van der Waals surface area contributed by atoms with E-state index in [1.54, 1.807) is 12.1 Å². The van der Waals surface area contributed by atoms with E-state index in [1.807, 2.05) is 6.92 Å². The minimum atomic E-state index is -0.254. The lowest BCUT2D eigenvalue weighted by Crippen LogP contribution is -2.24. The van der Waals surface area contributed by atoms with Gasteiger partial charge in [0.15, 0.2) is 0 Å². The second-order valence-corrected chi connectivity index (χ2v) is 5.34. The predicted molar refractivity (Wildman–Crippen MR) is 82.7 cm³/mol. The standard InChI is InChI=1S/C17H19ClFN/c1-3-20-16(11-13-9-7-12(2)8-10-13)17-14(18)5-4-6-15(17)19/h4-10,16,20H,3,11H2,1-2H3. The van der Waals surface area contributed by atoms with Crippen LogP contribution in [0.5, 0.6) is 0 Å². The lowest BCUT2D eigenvalue weighted by Gasteiger charge is -2.20. The van der Waals surface area contributed by atoms with E-state index in [9.17, 15) is 4.39 Å². The Bertz CT molecular complexity index is 545. The van der Waals surface area contributed by atoms with Crippen molar-refractivity contribution in [2.24, 2.45) is 0 Å². The second-order valence-electron chi connectivity index (χ2n) is 4.94. The van der Waals surface area contributed by atoms with Crippen LogP contribution in [-0.4, -0.2) is 6.54 Å². The van der Waals surface area contributed by atoms with Crippen LogP contribution in [0.2, 0.25) is 5.02 Å². The van der Waals surface area contributed by atoms with E-state index in [0.29, 0.717) is 10.6 Å². The topological polar surface area (TPSA) is 12.0 Å². The third-order valence-electron chi connectivity index (χ3n) is 3.36. The Kier molecular flexibility index (Phi) is 5.16. The Morgan fingerprint density at radius 1 is 1.15 bits per heavy atom. The highest BCUT2D eigenvalue weighted by atomic mass is 35.5. The molecule has 1 N–H and O–H groups in total. The van der Waals surface area contributed by atoms with Gasteiger partial charge in [-0.1, -0.05) is 54.4 Å². The van der Waals surface area contributed by atoms with Crippen molar-refractivity contribution in [1.82, 2.24) is 5.32 Å². The molecule has 0 bridgehead atoms. The molecule has 3 heteroatoms. The van der Waals surface area contributed by atoms with E-state index in [0.717, 1.165) is 13.0 Å². The van der Waals surface area contributed by atoms with Crippen LogP contribution < -0.4 is 5.32 Å². The molecule has 0 spiro atoms. The van der Waals surface area contributed by atoms with E-state index in [1.165, 1.54) is 17.2 Å². The summed E-state index contributed by atoms with van der Waals surface area (Å²) in [5.74, 6) is -0.254. The minimum absolute atomic E-state index is 0.114. The van der Waals surface area contributed by atoms with Crippen molar-refractivity contribution < 1.29 is 4.39 Å². The molecule has 0 radical (unpaired) electrons. The van der Waals surface area contributed by atoms with Gasteiger partial charge in [0, 0.05) is 16.6 Å². The van der Waals surface area contributed by atoms with Crippen molar-refractivity contribution in [3.8, 4) is 0 Å². The van der Waals surface area contributed by atoms with Crippen LogP contribution in [0.25, 0.3) is 0 Å². The van der Waals surface area contributed by atoms with Gasteiger partial charge in [0.2, 0.25) is 0 Å². The highest BCUT2D eigenvalue weighted by Gasteiger charge is 2.18. The van der Waals surface area contributed by atoms with E-state index in [4.69, 9.17) is 11.6 Å². The van der Waals surface area contributed by atoms with Gasteiger partial charge in [0.25, 0.3) is 0 Å². The Morgan fingerprint density at radius 2 is 1.85 bits per heavy atom. The fourth-order valence-corrected chi connectivity index (χ4v) is 2.62. The summed E-state index contributed by atoms with van der Waals surface area (Å²) in [6.07, 6.45) is 0.717. The average molecular weight is 292 g/mol. The fraction of sp³-hybridized carbons (Fsp3) is 0.294. The SMILES string of the molecule is CCNC(Cc1ccc(C)cc1)c1c(F)cccc1Cl. The summed E-state index contributed by atoms with van der Waals surface area (Å²) in [5.41, 5.74) is 2.94. The van der Waals surface area contributed by atoms with Crippen molar-refractivity contribution in [1.29, 1.82) is 0 Å². The van der Waals surface area contributed by atoms with E-state index in [-0.39, 0.29) is 11.9 Å². The van der Waals surface area contributed by atoms with Crippen molar-refractivity contribution in [2.45, 2.75) is 26.3 Å². The first-order valence-electron chi connectivity index (χ1n) is 6.84. The highest BCUT2D eigenvalue weighted by Crippen LogP contribution is 2.28. The third-order valence-corrected chi connectivity index (χ3v) is 3.69. The normalized spacial score (nSPS) is 12.4. The maximum Gasteiger partial charge on any atom is 0.129 e. The molecule has 2 aromatic rings. The Morgan fingerprint density at radius 3 is 2.45 bits per heavy atom. The molecule has 1 atom stereocenters. The number of hydrogen-bond acceptors (Lipinski definition) is 1. The van der Waals surface area contributed by atoms with Gasteiger partial charge in [-0.15, -0.1) is 0 Å². The lowest BCUT2D eigenvalue weighted by atomic mass is 9.97. The van der Waals surface area contributed by atoms with Crippen molar-refractivity contribution >= 4 is 11.6 Å². The Labute approximate surface area is 124 Å². The predicted octanol–water partition coefficient (Wildman–Crippen LogP) is 4.68. The molecule has 2 rings (SSSR count). The smallest absolute Gasteiger partial charge is 0.129 e. The van der Waals surface area contributed by atoms with Gasteiger partial charge in [0.1, 0.15) is 5.82 Å². The summed E-state index contributed by atoms with van der Waals surface area (Å²) < 4.78 is 14.1. The van der Waals surface area contributed by atoms with Gasteiger partial charge in [-0.05, 0) is 37.6 Å². The molecule has 20 heavy (non-hydrogen) atoms. The zero-order valence-corrected chi connectivity index (χ0v) is 12.5. The molecule has 0 aliphatic carbocycles. The van der Waals surface area contributed by atoms with Gasteiger partial charge in [-0.25, -0.2) is 4.39 Å². The zero-order valence-electron chi connectivity index (χ0n) is 11.8. The molecule has 1 unspecified atom stereocenters. The van der Waals surface area contributed by atoms with Gasteiger partial charge in [0.05, 0.1) is 0 Å². The monoisotopic (exact) mass is 291 g/mol. The van der Waals surface area contributed by atoms with Crippen molar-refractivity contribution in [3.05, 3.63) is 70.0 Å². The minimum Gasteiger partial charge on any atom is -0.310 e. The molecule has 106 valence electrons. The van der Waals surface area contributed by atoms with E-state index < -0.39 is 0 Å². The summed E-state index contributed by atoms with van der Waals surface area (Å²) in [6.45, 7) is 4.83. The molecular weight excluding hydrogens is 273 g/mol. The summed E-state index contributed by atoms with van der Waals surface area (Å²) in [7, 11) is 0. The lowest BCUT2D eigenvalue weighted by molar-refractivity contribution is 0.510. The van der Waals surface area contributed by atoms with Crippen LogP contribution >= 0.6 is 11.6 Å². The molecule has 0 aliphatic heterocycles. The highest BCUT2D eigenvalue weighted by molar-refractivity contribution is 6.31. The van der Waals surface area contributed by atoms with Crippen LogP contribution in [0.15, 0.2) is 42.5 Å². The third kappa shape index (κ3) is 3.59. The van der Waals surface area contributed by atoms with Crippen LogP contribution in [0, 0.1) is 12.7 Å². The maximum absolute atomic E-state index is 14.1. The average Bonchev–Trinajstić information content (AvgIpc) is 2.41. The maximum atomic E-state index is 14.1. The summed E-state index contributed by atoms with van der Waals surface area (Å²) in [4.78, 5) is 0. The number of rotatable bonds is 5. The second kappa shape index (κ2) is 6.87. The van der Waals surface area contributed by atoms with Gasteiger partial charge in [-0.2, -0.15) is 0 Å². The van der Waals surface area contributed by atoms with Crippen LogP contribution in [0.3, 0.4) is 0 Å². The number of hydrogen-bond donors (Lipinski definition) is 1. The molecule has 1 nitrogen and oxygen atoms in total. The molecule has 0 aliphatic rings. The van der Waals surface area contributed by atoms with Crippen LogP contribution in [0.4, 0.5) is 4.39 Å². The molecule has 0 fully saturated rings. The summed E-state index contributed by atoms with van der Waals surface area (Å²) in [6, 6.07) is 13.0. The summed E-state index contributed by atoms with van der Waals surface area (Å²) >= 11 is 6.17. The van der Waals surface area contributed by atoms with Gasteiger partial charge in [-0.3, -0.25) is 0 Å². The number of likely N-dealkylation sites (N-methyl/N-ethyl adjacent to an activating group) is 1. The molecular formula is C17H19ClFN. The molecule has 0 aromatic heterocycles. The first-order valence-corrected chi connectivity index (χ1v) is 7.22. The van der Waals surface area contributed by atoms with Crippen LogP contribution in [0.1, 0.15) is 29.7 Å². The van der Waals surface area contributed by atoms with Crippen LogP contribution in [-0.2, 0) is 6.42 Å². The first kappa shape index (κ1) is 15.0. The summed E-state index contributed by atoms with van der Waals surface area (Å²) in [5, 5.41) is 3.79. The van der Waals surface area contributed by atoms with E-state index >= 15 is 0 Å². The fourth-order valence-electron chi connectivity index (χ4n) is 2.33. The number of halogens is 2. The molecule has 2 aromatic carbocycles. The largest absolute Gasteiger partial charge is 0.310 e. The molecule has 0 saturated heterocycles.